The van der Waals surface area contributed by atoms with Crippen molar-refractivity contribution in [1.29, 1.82) is 0 Å². The van der Waals surface area contributed by atoms with Crippen LogP contribution in [0.15, 0.2) is 34.2 Å². The molecule has 0 aliphatic carbocycles. The van der Waals surface area contributed by atoms with Crippen molar-refractivity contribution in [3.05, 3.63) is 51.4 Å². The first-order chi connectivity index (χ1) is 12.5. The van der Waals surface area contributed by atoms with Gasteiger partial charge in [0, 0.05) is 17.5 Å². The number of aromatic nitrogens is 2. The topological polar surface area (TPSA) is 74.8 Å². The summed E-state index contributed by atoms with van der Waals surface area (Å²) in [4.78, 5) is 31.3. The maximum Gasteiger partial charge on any atom is 0.251 e. The van der Waals surface area contributed by atoms with Gasteiger partial charge in [0.05, 0.1) is 11.4 Å². The molecule has 0 fully saturated rings. The number of anilines is 1. The predicted octanol–water partition coefficient (Wildman–Crippen LogP) is 4.01. The number of aryl methyl sites for hydroxylation is 2. The van der Waals surface area contributed by atoms with E-state index in [4.69, 9.17) is 0 Å². The quantitative estimate of drug-likeness (QED) is 0.384. The Balaban J connectivity index is 1.98. The van der Waals surface area contributed by atoms with Gasteiger partial charge in [-0.15, -0.1) is 0 Å². The second kappa shape index (κ2) is 10.4. The minimum Gasteiger partial charge on any atom is -0.325 e. The standard InChI is InChI=1S/C19H25N3O2S2/c1-4-9-25-11-15-10-16(23)22-19(20-15)26-12-17(24)21-18-13(3)7-6-8-14(18)5-2/h6-8,10H,4-5,9,11-12H2,1-3H3,(H,21,24)(H,20,22,23). The molecule has 0 aliphatic rings. The number of hydrogen-bond donors (Lipinski definition) is 2. The molecule has 5 nitrogen and oxygen atoms in total. The number of nitrogens with one attached hydrogen (secondary N) is 2. The third-order valence-corrected chi connectivity index (χ3v) is 5.79. The lowest BCUT2D eigenvalue weighted by Crippen LogP contribution is -2.17. The highest BCUT2D eigenvalue weighted by Crippen LogP contribution is 2.22. The van der Waals surface area contributed by atoms with Crippen LogP contribution in [-0.4, -0.2) is 27.4 Å². The lowest BCUT2D eigenvalue weighted by Gasteiger charge is -2.12. The molecule has 0 spiro atoms. The summed E-state index contributed by atoms with van der Waals surface area (Å²) in [6.45, 7) is 6.17. The highest BCUT2D eigenvalue weighted by Gasteiger charge is 2.10. The van der Waals surface area contributed by atoms with Crippen LogP contribution in [0.1, 0.15) is 37.1 Å². The molecule has 0 unspecified atom stereocenters. The predicted molar refractivity (Wildman–Crippen MR) is 111 cm³/mol. The zero-order chi connectivity index (χ0) is 18.9. The minimum absolute atomic E-state index is 0.104. The van der Waals surface area contributed by atoms with E-state index in [-0.39, 0.29) is 17.2 Å². The molecule has 0 saturated carbocycles. The first-order valence-corrected chi connectivity index (χ1v) is 10.9. The molecular weight excluding hydrogens is 366 g/mol. The van der Waals surface area contributed by atoms with Gasteiger partial charge in [-0.1, -0.05) is 43.8 Å². The fourth-order valence-corrected chi connectivity index (χ4v) is 3.94. The van der Waals surface area contributed by atoms with E-state index >= 15 is 0 Å². The number of rotatable bonds is 9. The molecule has 0 aliphatic heterocycles. The zero-order valence-corrected chi connectivity index (χ0v) is 17.1. The van der Waals surface area contributed by atoms with Crippen LogP contribution >= 0.6 is 23.5 Å². The number of carbonyl (C=O) groups is 1. The van der Waals surface area contributed by atoms with Crippen molar-refractivity contribution in [2.45, 2.75) is 44.5 Å². The summed E-state index contributed by atoms with van der Waals surface area (Å²) in [5.74, 6) is 1.84. The van der Waals surface area contributed by atoms with Crippen LogP contribution in [0, 0.1) is 6.92 Å². The molecule has 26 heavy (non-hydrogen) atoms. The van der Waals surface area contributed by atoms with E-state index in [2.05, 4.69) is 29.1 Å². The van der Waals surface area contributed by atoms with Crippen molar-refractivity contribution >= 4 is 35.1 Å². The molecule has 0 saturated heterocycles. The molecule has 0 bridgehead atoms. The number of aromatic amines is 1. The molecule has 2 N–H and O–H groups in total. The third kappa shape index (κ3) is 6.21. The Morgan fingerprint density at radius 3 is 2.85 bits per heavy atom. The van der Waals surface area contributed by atoms with E-state index in [9.17, 15) is 9.59 Å². The number of benzene rings is 1. The molecule has 0 atom stereocenters. The number of para-hydroxylation sites is 1. The van der Waals surface area contributed by atoms with Gasteiger partial charge in [0.15, 0.2) is 5.16 Å². The molecule has 0 radical (unpaired) electrons. The van der Waals surface area contributed by atoms with Gasteiger partial charge in [-0.05, 0) is 36.6 Å². The fraction of sp³-hybridized carbons (Fsp3) is 0.421. The van der Waals surface area contributed by atoms with Gasteiger partial charge in [-0.2, -0.15) is 11.8 Å². The van der Waals surface area contributed by atoms with E-state index in [1.54, 1.807) is 11.8 Å². The smallest absolute Gasteiger partial charge is 0.251 e. The van der Waals surface area contributed by atoms with E-state index in [0.717, 1.165) is 41.1 Å². The fourth-order valence-electron chi connectivity index (χ4n) is 2.46. The number of hydrogen-bond acceptors (Lipinski definition) is 5. The third-order valence-electron chi connectivity index (χ3n) is 3.72. The molecule has 1 heterocycles. The van der Waals surface area contributed by atoms with Crippen molar-refractivity contribution in [3.63, 3.8) is 0 Å². The Labute approximate surface area is 162 Å². The average molecular weight is 392 g/mol. The van der Waals surface area contributed by atoms with Gasteiger partial charge >= 0.3 is 0 Å². The first kappa shape index (κ1) is 20.6. The molecule has 1 amide bonds. The largest absolute Gasteiger partial charge is 0.325 e. The lowest BCUT2D eigenvalue weighted by atomic mass is 10.1. The summed E-state index contributed by atoms with van der Waals surface area (Å²) < 4.78 is 0. The Morgan fingerprint density at radius 2 is 2.12 bits per heavy atom. The highest BCUT2D eigenvalue weighted by molar-refractivity contribution is 7.99. The number of carbonyl (C=O) groups excluding carboxylic acids is 1. The van der Waals surface area contributed by atoms with Gasteiger partial charge < -0.3 is 10.3 Å². The molecule has 140 valence electrons. The number of nitrogens with zero attached hydrogens (tertiary/aromatic N) is 1. The molecule has 2 rings (SSSR count). The van der Waals surface area contributed by atoms with Crippen molar-refractivity contribution in [3.8, 4) is 0 Å². The monoisotopic (exact) mass is 391 g/mol. The SMILES string of the molecule is CCCSCc1cc(=O)[nH]c(SCC(=O)Nc2c(C)cccc2CC)n1. The van der Waals surface area contributed by atoms with Crippen LogP contribution < -0.4 is 10.9 Å². The summed E-state index contributed by atoms with van der Waals surface area (Å²) >= 11 is 3.00. The molecular formula is C19H25N3O2S2. The number of H-pyrrole nitrogens is 1. The van der Waals surface area contributed by atoms with Gasteiger partial charge in [-0.25, -0.2) is 4.98 Å². The summed E-state index contributed by atoms with van der Waals surface area (Å²) in [6.07, 6.45) is 1.95. The summed E-state index contributed by atoms with van der Waals surface area (Å²) in [7, 11) is 0. The Hall–Kier alpha value is -1.73. The van der Waals surface area contributed by atoms with Crippen molar-refractivity contribution in [2.24, 2.45) is 0 Å². The van der Waals surface area contributed by atoms with E-state index in [1.807, 2.05) is 25.1 Å². The highest BCUT2D eigenvalue weighted by atomic mass is 32.2. The summed E-state index contributed by atoms with van der Waals surface area (Å²) in [6, 6.07) is 7.52. The Kier molecular flexibility index (Phi) is 8.25. The van der Waals surface area contributed by atoms with Crippen LogP contribution in [0.5, 0.6) is 0 Å². The number of amides is 1. The van der Waals surface area contributed by atoms with E-state index in [1.165, 1.54) is 17.8 Å². The molecule has 7 heteroatoms. The lowest BCUT2D eigenvalue weighted by molar-refractivity contribution is -0.113. The van der Waals surface area contributed by atoms with Crippen LogP contribution in [-0.2, 0) is 17.0 Å². The van der Waals surface area contributed by atoms with Gasteiger partial charge in [0.25, 0.3) is 5.56 Å². The average Bonchev–Trinajstić information content (AvgIpc) is 2.61. The number of thioether (sulfide) groups is 2. The van der Waals surface area contributed by atoms with E-state index < -0.39 is 0 Å². The van der Waals surface area contributed by atoms with Crippen molar-refractivity contribution in [2.75, 3.05) is 16.8 Å². The van der Waals surface area contributed by atoms with Crippen LogP contribution in [0.4, 0.5) is 5.69 Å². The van der Waals surface area contributed by atoms with E-state index in [0.29, 0.717) is 10.9 Å². The zero-order valence-electron chi connectivity index (χ0n) is 15.4. The minimum atomic E-state index is -0.179. The molecule has 1 aromatic heterocycles. The Bertz CT molecular complexity index is 806. The first-order valence-electron chi connectivity index (χ1n) is 8.72. The second-order valence-corrected chi connectivity index (χ2v) is 7.96. The normalized spacial score (nSPS) is 10.7. The molecule has 1 aromatic carbocycles. The maximum absolute atomic E-state index is 12.3. The van der Waals surface area contributed by atoms with Crippen LogP contribution in [0.3, 0.4) is 0 Å². The van der Waals surface area contributed by atoms with Crippen molar-refractivity contribution in [1.82, 2.24) is 9.97 Å². The summed E-state index contributed by atoms with van der Waals surface area (Å²) in [5, 5.41) is 3.47. The second-order valence-electron chi connectivity index (χ2n) is 5.89. The molecule has 2 aromatic rings. The van der Waals surface area contributed by atoms with Gasteiger partial charge in [0.2, 0.25) is 5.91 Å². The maximum atomic E-state index is 12.3. The van der Waals surface area contributed by atoms with Crippen molar-refractivity contribution < 1.29 is 4.79 Å². The van der Waals surface area contributed by atoms with Crippen LogP contribution in [0.2, 0.25) is 0 Å². The Morgan fingerprint density at radius 1 is 1.31 bits per heavy atom. The van der Waals surface area contributed by atoms with Crippen LogP contribution in [0.25, 0.3) is 0 Å². The van der Waals surface area contributed by atoms with Gasteiger partial charge in [-0.3, -0.25) is 9.59 Å². The summed E-state index contributed by atoms with van der Waals surface area (Å²) in [5.41, 5.74) is 3.62. The van der Waals surface area contributed by atoms with Gasteiger partial charge in [0.1, 0.15) is 0 Å².